The molecule has 1 saturated carbocycles. The number of hydrogen-bond acceptors (Lipinski definition) is 5. The third kappa shape index (κ3) is 6.00. The smallest absolute Gasteiger partial charge is 0.226 e. The molecule has 1 fully saturated rings. The van der Waals surface area contributed by atoms with E-state index in [0.29, 0.717) is 17.9 Å². The molecule has 7 heteroatoms. The minimum atomic E-state index is 0.307. The molecule has 0 radical (unpaired) electrons. The van der Waals surface area contributed by atoms with Gasteiger partial charge in [-0.2, -0.15) is 16.7 Å². The normalized spacial score (nSPS) is 21.5. The second-order valence-corrected chi connectivity index (χ2v) is 7.72. The van der Waals surface area contributed by atoms with Gasteiger partial charge in [-0.1, -0.05) is 19.0 Å². The molecule has 2 unspecified atom stereocenters. The Kier molecular flexibility index (Phi) is 7.88. The van der Waals surface area contributed by atoms with Crippen LogP contribution in [-0.4, -0.2) is 46.7 Å². The molecule has 24 heavy (non-hydrogen) atoms. The lowest BCUT2D eigenvalue weighted by Gasteiger charge is -2.17. The van der Waals surface area contributed by atoms with Crippen LogP contribution in [0.25, 0.3) is 0 Å². The van der Waals surface area contributed by atoms with Crippen molar-refractivity contribution in [3.05, 3.63) is 11.7 Å². The summed E-state index contributed by atoms with van der Waals surface area (Å²) in [6, 6.07) is 0.546. The highest BCUT2D eigenvalue weighted by atomic mass is 32.2. The Morgan fingerprint density at radius 3 is 2.88 bits per heavy atom. The average Bonchev–Trinajstić information content (AvgIpc) is 3.20. The molecule has 0 aromatic carbocycles. The van der Waals surface area contributed by atoms with Crippen LogP contribution in [0.3, 0.4) is 0 Å². The molecular formula is C17H31N5OS. The van der Waals surface area contributed by atoms with Crippen LogP contribution < -0.4 is 10.6 Å². The molecule has 1 aliphatic rings. The molecule has 1 aromatic rings. The Labute approximate surface area is 149 Å². The zero-order valence-corrected chi connectivity index (χ0v) is 16.2. The number of aromatic nitrogens is 2. The van der Waals surface area contributed by atoms with Crippen LogP contribution >= 0.6 is 11.8 Å². The summed E-state index contributed by atoms with van der Waals surface area (Å²) < 4.78 is 5.27. The van der Waals surface area contributed by atoms with Crippen molar-refractivity contribution < 1.29 is 4.52 Å². The third-order valence-corrected chi connectivity index (χ3v) is 5.32. The second kappa shape index (κ2) is 9.91. The van der Waals surface area contributed by atoms with E-state index in [9.17, 15) is 0 Å². The molecule has 1 aliphatic carbocycles. The summed E-state index contributed by atoms with van der Waals surface area (Å²) in [6.07, 6.45) is 7.65. The van der Waals surface area contributed by atoms with Gasteiger partial charge in [-0.25, -0.2) is 0 Å². The predicted molar refractivity (Wildman–Crippen MR) is 101 cm³/mol. The summed E-state index contributed by atoms with van der Waals surface area (Å²) in [7, 11) is 0. The maximum atomic E-state index is 5.27. The summed E-state index contributed by atoms with van der Waals surface area (Å²) in [5.74, 6) is 2.73. The molecule has 0 amide bonds. The number of rotatable bonds is 8. The van der Waals surface area contributed by atoms with Crippen LogP contribution in [0.2, 0.25) is 0 Å². The summed E-state index contributed by atoms with van der Waals surface area (Å²) in [5.41, 5.74) is 0. The van der Waals surface area contributed by atoms with Crippen molar-refractivity contribution in [2.24, 2.45) is 4.99 Å². The fourth-order valence-electron chi connectivity index (χ4n) is 2.82. The fourth-order valence-corrected chi connectivity index (χ4v) is 3.62. The summed E-state index contributed by atoms with van der Waals surface area (Å²) >= 11 is 1.98. The molecule has 0 saturated heterocycles. The summed E-state index contributed by atoms with van der Waals surface area (Å²) in [6.45, 7) is 7.87. The van der Waals surface area contributed by atoms with Crippen LogP contribution in [0.5, 0.6) is 0 Å². The van der Waals surface area contributed by atoms with Gasteiger partial charge >= 0.3 is 0 Å². The highest BCUT2D eigenvalue weighted by Gasteiger charge is 2.24. The first-order valence-corrected chi connectivity index (χ1v) is 10.3. The molecule has 2 atom stereocenters. The van der Waals surface area contributed by atoms with Gasteiger partial charge in [0, 0.05) is 36.7 Å². The van der Waals surface area contributed by atoms with E-state index >= 15 is 0 Å². The average molecular weight is 354 g/mol. The number of nitrogens with zero attached hydrogens (tertiary/aromatic N) is 3. The lowest BCUT2D eigenvalue weighted by Crippen LogP contribution is -2.42. The van der Waals surface area contributed by atoms with Crippen LogP contribution in [0, 0.1) is 0 Å². The first-order valence-electron chi connectivity index (χ1n) is 9.02. The monoisotopic (exact) mass is 353 g/mol. The molecule has 1 heterocycles. The largest absolute Gasteiger partial charge is 0.357 e. The summed E-state index contributed by atoms with van der Waals surface area (Å²) in [5, 5.41) is 11.7. The van der Waals surface area contributed by atoms with E-state index in [1.54, 1.807) is 0 Å². The third-order valence-electron chi connectivity index (χ3n) is 4.22. The van der Waals surface area contributed by atoms with E-state index in [1.807, 2.05) is 11.8 Å². The topological polar surface area (TPSA) is 75.3 Å². The molecular weight excluding hydrogens is 322 g/mol. The highest BCUT2D eigenvalue weighted by Crippen LogP contribution is 2.28. The summed E-state index contributed by atoms with van der Waals surface area (Å²) in [4.78, 5) is 9.09. The molecule has 6 nitrogen and oxygen atoms in total. The van der Waals surface area contributed by atoms with E-state index in [-0.39, 0.29) is 0 Å². The first kappa shape index (κ1) is 19.1. The van der Waals surface area contributed by atoms with E-state index in [4.69, 9.17) is 4.52 Å². The Balaban J connectivity index is 1.76. The standard InChI is InChI=1S/C17H31N5OS/c1-5-18-17(20-13-8-9-14(11-13)24-4)19-10-6-7-15-21-16(12(2)3)22-23-15/h12-14H,5-11H2,1-4H3,(H2,18,19,20). The highest BCUT2D eigenvalue weighted by molar-refractivity contribution is 7.99. The molecule has 0 bridgehead atoms. The lowest BCUT2D eigenvalue weighted by molar-refractivity contribution is 0.369. The van der Waals surface area contributed by atoms with Gasteiger partial charge in [0.1, 0.15) is 0 Å². The van der Waals surface area contributed by atoms with Gasteiger partial charge in [0.05, 0.1) is 0 Å². The van der Waals surface area contributed by atoms with Crippen LogP contribution in [0.15, 0.2) is 9.52 Å². The van der Waals surface area contributed by atoms with Crippen molar-refractivity contribution >= 4 is 17.7 Å². The van der Waals surface area contributed by atoms with E-state index < -0.39 is 0 Å². The number of hydrogen-bond donors (Lipinski definition) is 2. The Morgan fingerprint density at radius 1 is 1.42 bits per heavy atom. The van der Waals surface area contributed by atoms with Crippen LogP contribution in [-0.2, 0) is 6.42 Å². The van der Waals surface area contributed by atoms with E-state index in [0.717, 1.165) is 43.0 Å². The minimum Gasteiger partial charge on any atom is -0.357 e. The SMILES string of the molecule is CCNC(=NCCCc1nc(C(C)C)no1)NC1CCC(SC)C1. The maximum absolute atomic E-state index is 5.27. The molecule has 136 valence electrons. The number of guanidine groups is 1. The number of aryl methyl sites for hydroxylation is 1. The minimum absolute atomic E-state index is 0.307. The number of thioether (sulfide) groups is 1. The van der Waals surface area contributed by atoms with Crippen molar-refractivity contribution in [3.63, 3.8) is 0 Å². The van der Waals surface area contributed by atoms with Crippen molar-refractivity contribution in [2.45, 2.75) is 70.1 Å². The van der Waals surface area contributed by atoms with Gasteiger partial charge < -0.3 is 15.2 Å². The molecule has 2 rings (SSSR count). The fraction of sp³-hybridized carbons (Fsp3) is 0.824. The molecule has 2 N–H and O–H groups in total. The van der Waals surface area contributed by atoms with Crippen molar-refractivity contribution in [1.82, 2.24) is 20.8 Å². The van der Waals surface area contributed by atoms with E-state index in [1.165, 1.54) is 19.3 Å². The first-order chi connectivity index (χ1) is 11.6. The van der Waals surface area contributed by atoms with Crippen LogP contribution in [0.1, 0.15) is 64.1 Å². The molecule has 0 aliphatic heterocycles. The van der Waals surface area contributed by atoms with Crippen molar-refractivity contribution in [2.75, 3.05) is 19.3 Å². The van der Waals surface area contributed by atoms with Gasteiger partial charge in [0.2, 0.25) is 5.89 Å². The van der Waals surface area contributed by atoms with E-state index in [2.05, 4.69) is 52.8 Å². The zero-order valence-electron chi connectivity index (χ0n) is 15.3. The molecule has 1 aromatic heterocycles. The van der Waals surface area contributed by atoms with Crippen molar-refractivity contribution in [3.8, 4) is 0 Å². The Hall–Kier alpha value is -1.24. The van der Waals surface area contributed by atoms with Gasteiger partial charge in [-0.05, 0) is 38.9 Å². The van der Waals surface area contributed by atoms with Gasteiger partial charge in [-0.15, -0.1) is 0 Å². The second-order valence-electron chi connectivity index (χ2n) is 6.58. The van der Waals surface area contributed by atoms with Gasteiger partial charge in [-0.3, -0.25) is 4.99 Å². The molecule has 0 spiro atoms. The Morgan fingerprint density at radius 2 is 2.25 bits per heavy atom. The van der Waals surface area contributed by atoms with Gasteiger partial charge in [0.25, 0.3) is 0 Å². The maximum Gasteiger partial charge on any atom is 0.226 e. The predicted octanol–water partition coefficient (Wildman–Crippen LogP) is 2.96. The van der Waals surface area contributed by atoms with Gasteiger partial charge in [0.15, 0.2) is 11.8 Å². The van der Waals surface area contributed by atoms with Crippen LogP contribution in [0.4, 0.5) is 0 Å². The number of aliphatic imine (C=N–C) groups is 1. The lowest BCUT2D eigenvalue weighted by atomic mass is 10.2. The number of nitrogens with one attached hydrogen (secondary N) is 2. The Bertz CT molecular complexity index is 517. The van der Waals surface area contributed by atoms with Crippen molar-refractivity contribution in [1.29, 1.82) is 0 Å². The zero-order chi connectivity index (χ0) is 17.4. The quantitative estimate of drug-likeness (QED) is 0.425.